The van der Waals surface area contributed by atoms with Crippen LogP contribution in [-0.2, 0) is 6.54 Å². The third kappa shape index (κ3) is 3.67. The molecule has 1 aromatic carbocycles. The van der Waals surface area contributed by atoms with Gasteiger partial charge in [0.25, 0.3) is 0 Å². The molecule has 0 unspecified atom stereocenters. The van der Waals surface area contributed by atoms with Gasteiger partial charge in [-0.2, -0.15) is 0 Å². The number of likely N-dealkylation sites (tertiary alicyclic amines) is 1. The molecule has 1 saturated heterocycles. The smallest absolute Gasteiger partial charge is 0.141 e. The van der Waals surface area contributed by atoms with Crippen LogP contribution in [0.5, 0.6) is 0 Å². The highest BCUT2D eigenvalue weighted by Gasteiger charge is 2.18. The van der Waals surface area contributed by atoms with Crippen LogP contribution in [0.2, 0.25) is 5.02 Å². The Morgan fingerprint density at radius 3 is 2.72 bits per heavy atom. The lowest BCUT2D eigenvalue weighted by Crippen LogP contribution is -2.36. The van der Waals surface area contributed by atoms with Gasteiger partial charge in [-0.05, 0) is 63.1 Å². The summed E-state index contributed by atoms with van der Waals surface area (Å²) in [5.74, 6) is 0.455. The Morgan fingerprint density at radius 2 is 2.11 bits per heavy atom. The summed E-state index contributed by atoms with van der Waals surface area (Å²) in [6, 6.07) is 5.00. The second-order valence-electron chi connectivity index (χ2n) is 5.03. The molecular formula is C14H20ClFN2. The Bertz CT molecular complexity index is 389. The summed E-state index contributed by atoms with van der Waals surface area (Å²) >= 11 is 5.79. The third-order valence-electron chi connectivity index (χ3n) is 3.59. The summed E-state index contributed by atoms with van der Waals surface area (Å²) in [4.78, 5) is 2.41. The largest absolute Gasteiger partial charge is 0.319 e. The van der Waals surface area contributed by atoms with Crippen LogP contribution in [0.3, 0.4) is 0 Å². The van der Waals surface area contributed by atoms with Crippen molar-refractivity contribution in [2.24, 2.45) is 5.92 Å². The molecule has 18 heavy (non-hydrogen) atoms. The summed E-state index contributed by atoms with van der Waals surface area (Å²) in [6.07, 6.45) is 2.46. The first-order chi connectivity index (χ1) is 8.69. The van der Waals surface area contributed by atoms with Gasteiger partial charge < -0.3 is 5.32 Å². The second kappa shape index (κ2) is 6.50. The quantitative estimate of drug-likeness (QED) is 0.905. The molecule has 0 spiro atoms. The highest BCUT2D eigenvalue weighted by atomic mass is 35.5. The van der Waals surface area contributed by atoms with E-state index in [1.807, 2.05) is 13.1 Å². The van der Waals surface area contributed by atoms with Crippen molar-refractivity contribution in [2.45, 2.75) is 19.4 Å². The number of nitrogens with zero attached hydrogens (tertiary/aromatic N) is 1. The molecule has 0 radical (unpaired) electrons. The van der Waals surface area contributed by atoms with Crippen LogP contribution in [0.25, 0.3) is 0 Å². The summed E-state index contributed by atoms with van der Waals surface area (Å²) in [7, 11) is 2.01. The first-order valence-corrected chi connectivity index (χ1v) is 6.87. The number of rotatable bonds is 4. The highest BCUT2D eigenvalue weighted by Crippen LogP contribution is 2.21. The summed E-state index contributed by atoms with van der Waals surface area (Å²) < 4.78 is 13.1. The second-order valence-corrected chi connectivity index (χ2v) is 5.43. The number of nitrogens with one attached hydrogen (secondary N) is 1. The highest BCUT2D eigenvalue weighted by molar-refractivity contribution is 6.30. The van der Waals surface area contributed by atoms with Gasteiger partial charge in [-0.15, -0.1) is 0 Å². The minimum absolute atomic E-state index is 0.220. The topological polar surface area (TPSA) is 15.3 Å². The van der Waals surface area contributed by atoms with Crippen LogP contribution in [0.4, 0.5) is 4.39 Å². The van der Waals surface area contributed by atoms with Crippen LogP contribution in [0.1, 0.15) is 18.4 Å². The van der Waals surface area contributed by atoms with E-state index in [-0.39, 0.29) is 10.8 Å². The Balaban J connectivity index is 1.85. The fourth-order valence-electron chi connectivity index (χ4n) is 2.53. The van der Waals surface area contributed by atoms with Crippen LogP contribution in [0, 0.1) is 11.7 Å². The number of benzene rings is 1. The van der Waals surface area contributed by atoms with E-state index in [1.54, 1.807) is 6.07 Å². The zero-order valence-corrected chi connectivity index (χ0v) is 11.5. The van der Waals surface area contributed by atoms with Crippen molar-refractivity contribution in [1.29, 1.82) is 0 Å². The van der Waals surface area contributed by atoms with E-state index in [0.29, 0.717) is 0 Å². The van der Waals surface area contributed by atoms with Gasteiger partial charge in [0.15, 0.2) is 0 Å². The number of hydrogen-bond acceptors (Lipinski definition) is 2. The van der Waals surface area contributed by atoms with Crippen LogP contribution in [-0.4, -0.2) is 31.6 Å². The van der Waals surface area contributed by atoms with E-state index >= 15 is 0 Å². The molecule has 1 aliphatic heterocycles. The number of hydrogen-bond donors (Lipinski definition) is 1. The van der Waals surface area contributed by atoms with Crippen LogP contribution < -0.4 is 5.32 Å². The van der Waals surface area contributed by atoms with Gasteiger partial charge in [0, 0.05) is 6.54 Å². The van der Waals surface area contributed by atoms with Crippen LogP contribution in [0.15, 0.2) is 18.2 Å². The lowest BCUT2D eigenvalue weighted by atomic mass is 9.96. The SMILES string of the molecule is CNCC1CCN(Cc2ccc(F)c(Cl)c2)CC1. The first kappa shape index (κ1) is 13.8. The Morgan fingerprint density at radius 1 is 1.39 bits per heavy atom. The standard InChI is InChI=1S/C14H20ClFN2/c1-17-9-11-4-6-18(7-5-11)10-12-2-3-14(16)13(15)8-12/h2-3,8,11,17H,4-7,9-10H2,1H3. The molecule has 0 aliphatic carbocycles. The fourth-order valence-corrected chi connectivity index (χ4v) is 2.74. The molecule has 4 heteroatoms. The van der Waals surface area contributed by atoms with Crippen molar-refractivity contribution in [3.05, 3.63) is 34.6 Å². The van der Waals surface area contributed by atoms with Crippen molar-refractivity contribution in [1.82, 2.24) is 10.2 Å². The fraction of sp³-hybridized carbons (Fsp3) is 0.571. The van der Waals surface area contributed by atoms with Crippen molar-refractivity contribution < 1.29 is 4.39 Å². The molecular weight excluding hydrogens is 251 g/mol. The summed E-state index contributed by atoms with van der Waals surface area (Å²) in [5, 5.41) is 3.46. The van der Waals surface area contributed by atoms with Gasteiger partial charge in [-0.1, -0.05) is 17.7 Å². The van der Waals surface area contributed by atoms with Crippen LogP contribution >= 0.6 is 11.6 Å². The Labute approximate surface area is 113 Å². The minimum atomic E-state index is -0.340. The van der Waals surface area contributed by atoms with E-state index in [1.165, 1.54) is 18.9 Å². The van der Waals surface area contributed by atoms with E-state index in [9.17, 15) is 4.39 Å². The minimum Gasteiger partial charge on any atom is -0.319 e. The van der Waals surface area contributed by atoms with Gasteiger partial charge in [0.05, 0.1) is 5.02 Å². The van der Waals surface area contributed by atoms with E-state index in [4.69, 9.17) is 11.6 Å². The lowest BCUT2D eigenvalue weighted by Gasteiger charge is -2.31. The monoisotopic (exact) mass is 270 g/mol. The summed E-state index contributed by atoms with van der Waals surface area (Å²) in [5.41, 5.74) is 1.09. The molecule has 1 aliphatic rings. The van der Waals surface area contributed by atoms with Gasteiger partial charge in [-0.25, -0.2) is 4.39 Å². The lowest BCUT2D eigenvalue weighted by molar-refractivity contribution is 0.177. The van der Waals surface area contributed by atoms with Gasteiger partial charge in [-0.3, -0.25) is 4.90 Å². The zero-order valence-electron chi connectivity index (χ0n) is 10.8. The molecule has 0 saturated carbocycles. The Kier molecular flexibility index (Phi) is 4.98. The third-order valence-corrected chi connectivity index (χ3v) is 3.88. The maximum absolute atomic E-state index is 13.1. The molecule has 0 amide bonds. The number of piperidine rings is 1. The predicted molar refractivity (Wildman–Crippen MR) is 73.3 cm³/mol. The van der Waals surface area contributed by atoms with Gasteiger partial charge in [0.1, 0.15) is 5.82 Å². The molecule has 1 heterocycles. The van der Waals surface area contributed by atoms with E-state index in [0.717, 1.165) is 37.7 Å². The normalized spacial score (nSPS) is 18.2. The molecule has 0 aromatic heterocycles. The van der Waals surface area contributed by atoms with E-state index < -0.39 is 0 Å². The van der Waals surface area contributed by atoms with Crippen molar-refractivity contribution >= 4 is 11.6 Å². The molecule has 2 nitrogen and oxygen atoms in total. The van der Waals surface area contributed by atoms with Crippen molar-refractivity contribution in [3.8, 4) is 0 Å². The average Bonchev–Trinajstić information content (AvgIpc) is 2.37. The zero-order chi connectivity index (χ0) is 13.0. The molecule has 0 bridgehead atoms. The van der Waals surface area contributed by atoms with Crippen molar-refractivity contribution in [2.75, 3.05) is 26.7 Å². The summed E-state index contributed by atoms with van der Waals surface area (Å²) in [6.45, 7) is 4.20. The number of halogens is 2. The maximum Gasteiger partial charge on any atom is 0.141 e. The first-order valence-electron chi connectivity index (χ1n) is 6.50. The molecule has 1 fully saturated rings. The van der Waals surface area contributed by atoms with Gasteiger partial charge in [0.2, 0.25) is 0 Å². The van der Waals surface area contributed by atoms with E-state index in [2.05, 4.69) is 10.2 Å². The molecule has 1 aromatic rings. The molecule has 0 atom stereocenters. The predicted octanol–water partition coefficient (Wildman–Crippen LogP) is 2.91. The maximum atomic E-state index is 13.1. The molecule has 2 rings (SSSR count). The molecule has 100 valence electrons. The molecule has 1 N–H and O–H groups in total. The van der Waals surface area contributed by atoms with Gasteiger partial charge >= 0.3 is 0 Å². The Hall–Kier alpha value is -0.640. The van der Waals surface area contributed by atoms with Crippen molar-refractivity contribution in [3.63, 3.8) is 0 Å². The average molecular weight is 271 g/mol.